The van der Waals surface area contributed by atoms with E-state index in [4.69, 9.17) is 4.74 Å². The molecular weight excluding hydrogens is 402 g/mol. The van der Waals surface area contributed by atoms with Gasteiger partial charge in [-0.15, -0.1) is 0 Å². The molecule has 1 unspecified atom stereocenters. The molecule has 0 aromatic heterocycles. The van der Waals surface area contributed by atoms with Gasteiger partial charge >= 0.3 is 6.09 Å². The number of nitrogens with zero attached hydrogens (tertiary/aromatic N) is 2. The molecular formula is C26H27N3O3. The first-order valence-corrected chi connectivity index (χ1v) is 10.7. The minimum absolute atomic E-state index is 0.0460. The summed E-state index contributed by atoms with van der Waals surface area (Å²) >= 11 is 0. The minimum Gasteiger partial charge on any atom is -0.410 e. The fraction of sp³-hybridized carbons (Fsp3) is 0.231. The first-order chi connectivity index (χ1) is 15.5. The Kier molecular flexibility index (Phi) is 6.52. The monoisotopic (exact) mass is 429 g/mol. The highest BCUT2D eigenvalue weighted by molar-refractivity contribution is 6.07. The highest BCUT2D eigenvalue weighted by atomic mass is 16.6. The first-order valence-electron chi connectivity index (χ1n) is 10.7. The molecule has 0 saturated heterocycles. The summed E-state index contributed by atoms with van der Waals surface area (Å²) < 4.78 is 5.24. The molecule has 32 heavy (non-hydrogen) atoms. The topological polar surface area (TPSA) is 61.9 Å². The van der Waals surface area contributed by atoms with Crippen LogP contribution < -0.4 is 15.0 Å². The lowest BCUT2D eigenvalue weighted by atomic mass is 10.0. The van der Waals surface area contributed by atoms with Crippen molar-refractivity contribution in [3.8, 4) is 5.75 Å². The fourth-order valence-electron chi connectivity index (χ4n) is 4.07. The molecule has 1 aliphatic heterocycles. The highest BCUT2D eigenvalue weighted by Gasteiger charge is 2.27. The first kappa shape index (κ1) is 21.6. The maximum absolute atomic E-state index is 13.4. The Balaban J connectivity index is 1.48. The van der Waals surface area contributed by atoms with E-state index in [2.05, 4.69) is 30.4 Å². The summed E-state index contributed by atoms with van der Waals surface area (Å²) in [7, 11) is 4.15. The predicted molar refractivity (Wildman–Crippen MR) is 126 cm³/mol. The summed E-state index contributed by atoms with van der Waals surface area (Å²) in [6.45, 7) is 0.670. The standard InChI is InChI=1S/C26H27N3O3/c1-28(2)23-13-8-18-29(24-12-7-6-11-22(23)24)25(30)19-14-16-20(17-15-19)27-26(31)32-21-9-4-3-5-10-21/h3-7,9-12,14-17,23H,8,13,18H2,1-2H3,(H,27,31). The molecule has 2 amide bonds. The maximum Gasteiger partial charge on any atom is 0.417 e. The number of ether oxygens (including phenoxy) is 1. The molecule has 0 fully saturated rings. The quantitative estimate of drug-likeness (QED) is 0.608. The van der Waals surface area contributed by atoms with Crippen molar-refractivity contribution in [3.05, 3.63) is 90.0 Å². The van der Waals surface area contributed by atoms with Gasteiger partial charge in [-0.3, -0.25) is 10.1 Å². The van der Waals surface area contributed by atoms with Crippen LogP contribution in [0.1, 0.15) is 34.8 Å². The molecule has 1 atom stereocenters. The summed E-state index contributed by atoms with van der Waals surface area (Å²) in [4.78, 5) is 29.5. The lowest BCUT2D eigenvalue weighted by Gasteiger charge is -2.27. The Morgan fingerprint density at radius 3 is 2.34 bits per heavy atom. The summed E-state index contributed by atoms with van der Waals surface area (Å²) in [6, 6.07) is 24.2. The molecule has 0 bridgehead atoms. The van der Waals surface area contributed by atoms with Crippen LogP contribution in [0.4, 0.5) is 16.2 Å². The lowest BCUT2D eigenvalue weighted by Crippen LogP contribution is -2.31. The number of anilines is 2. The average molecular weight is 430 g/mol. The number of carbonyl (C=O) groups excluding carboxylic acids is 2. The Morgan fingerprint density at radius 1 is 0.938 bits per heavy atom. The molecule has 3 aromatic carbocycles. The van der Waals surface area contributed by atoms with Crippen LogP contribution in [0.15, 0.2) is 78.9 Å². The van der Waals surface area contributed by atoms with Crippen LogP contribution in [0.3, 0.4) is 0 Å². The Labute approximate surface area is 188 Å². The van der Waals surface area contributed by atoms with E-state index < -0.39 is 6.09 Å². The molecule has 1 heterocycles. The second-order valence-electron chi connectivity index (χ2n) is 8.04. The number of rotatable bonds is 4. The molecule has 0 aliphatic carbocycles. The molecule has 6 heteroatoms. The van der Waals surface area contributed by atoms with E-state index in [1.165, 1.54) is 5.56 Å². The third kappa shape index (κ3) is 4.81. The van der Waals surface area contributed by atoms with Gasteiger partial charge in [0, 0.05) is 29.5 Å². The van der Waals surface area contributed by atoms with E-state index >= 15 is 0 Å². The van der Waals surface area contributed by atoms with Crippen LogP contribution >= 0.6 is 0 Å². The van der Waals surface area contributed by atoms with Crippen molar-refractivity contribution in [3.63, 3.8) is 0 Å². The third-order valence-corrected chi connectivity index (χ3v) is 5.65. The van der Waals surface area contributed by atoms with Crippen molar-refractivity contribution in [2.75, 3.05) is 30.9 Å². The van der Waals surface area contributed by atoms with Crippen LogP contribution in [0.2, 0.25) is 0 Å². The van der Waals surface area contributed by atoms with E-state index in [0.29, 0.717) is 23.5 Å². The van der Waals surface area contributed by atoms with Gasteiger partial charge in [0.2, 0.25) is 0 Å². The summed E-state index contributed by atoms with van der Waals surface area (Å²) in [5.74, 6) is 0.419. The van der Waals surface area contributed by atoms with Crippen molar-refractivity contribution in [1.82, 2.24) is 4.90 Å². The van der Waals surface area contributed by atoms with Gasteiger partial charge in [-0.25, -0.2) is 4.79 Å². The van der Waals surface area contributed by atoms with Gasteiger partial charge in [-0.2, -0.15) is 0 Å². The van der Waals surface area contributed by atoms with Crippen molar-refractivity contribution in [2.24, 2.45) is 0 Å². The second-order valence-corrected chi connectivity index (χ2v) is 8.04. The molecule has 0 saturated carbocycles. The van der Waals surface area contributed by atoms with E-state index in [1.54, 1.807) is 48.5 Å². The molecule has 1 aliphatic rings. The zero-order valence-electron chi connectivity index (χ0n) is 18.3. The van der Waals surface area contributed by atoms with Gasteiger partial charge in [0.1, 0.15) is 5.75 Å². The zero-order chi connectivity index (χ0) is 22.5. The van der Waals surface area contributed by atoms with Crippen molar-refractivity contribution in [2.45, 2.75) is 18.9 Å². The van der Waals surface area contributed by atoms with Gasteiger partial charge < -0.3 is 14.5 Å². The molecule has 4 rings (SSSR count). The molecule has 1 N–H and O–H groups in total. The van der Waals surface area contributed by atoms with E-state index in [1.807, 2.05) is 29.2 Å². The summed E-state index contributed by atoms with van der Waals surface area (Å²) in [5, 5.41) is 2.69. The molecule has 0 radical (unpaired) electrons. The van der Waals surface area contributed by atoms with Gasteiger partial charge in [0.05, 0.1) is 0 Å². The van der Waals surface area contributed by atoms with Crippen LogP contribution in [-0.4, -0.2) is 37.5 Å². The number of hydrogen-bond donors (Lipinski definition) is 1. The van der Waals surface area contributed by atoms with Gasteiger partial charge in [-0.1, -0.05) is 36.4 Å². The van der Waals surface area contributed by atoms with Crippen LogP contribution in [-0.2, 0) is 0 Å². The number of carbonyl (C=O) groups is 2. The number of nitrogens with one attached hydrogen (secondary N) is 1. The van der Waals surface area contributed by atoms with E-state index in [0.717, 1.165) is 18.5 Å². The number of amides is 2. The van der Waals surface area contributed by atoms with Crippen molar-refractivity contribution in [1.29, 1.82) is 0 Å². The summed E-state index contributed by atoms with van der Waals surface area (Å²) in [6.07, 6.45) is 1.35. The van der Waals surface area contributed by atoms with Gasteiger partial charge in [0.25, 0.3) is 5.91 Å². The van der Waals surface area contributed by atoms with Crippen LogP contribution in [0.25, 0.3) is 0 Å². The summed E-state index contributed by atoms with van der Waals surface area (Å²) in [5.41, 5.74) is 3.27. The Hall–Kier alpha value is -3.64. The molecule has 3 aromatic rings. The number of hydrogen-bond acceptors (Lipinski definition) is 4. The minimum atomic E-state index is -0.577. The normalized spacial score (nSPS) is 15.6. The number of fused-ring (bicyclic) bond motifs is 1. The Morgan fingerprint density at radius 2 is 1.62 bits per heavy atom. The Bertz CT molecular complexity index is 1080. The van der Waals surface area contributed by atoms with E-state index in [9.17, 15) is 9.59 Å². The van der Waals surface area contributed by atoms with Crippen molar-refractivity contribution >= 4 is 23.4 Å². The molecule has 164 valence electrons. The predicted octanol–water partition coefficient (Wildman–Crippen LogP) is 5.34. The van der Waals surface area contributed by atoms with E-state index in [-0.39, 0.29) is 11.9 Å². The van der Waals surface area contributed by atoms with Crippen LogP contribution in [0.5, 0.6) is 5.75 Å². The second kappa shape index (κ2) is 9.66. The van der Waals surface area contributed by atoms with Gasteiger partial charge in [-0.05, 0) is 75.0 Å². The highest BCUT2D eigenvalue weighted by Crippen LogP contribution is 2.36. The third-order valence-electron chi connectivity index (χ3n) is 5.65. The molecule has 0 spiro atoms. The number of benzene rings is 3. The largest absolute Gasteiger partial charge is 0.417 e. The smallest absolute Gasteiger partial charge is 0.410 e. The number of para-hydroxylation sites is 2. The van der Waals surface area contributed by atoms with Crippen molar-refractivity contribution < 1.29 is 14.3 Å². The van der Waals surface area contributed by atoms with Crippen LogP contribution in [0, 0.1) is 0 Å². The maximum atomic E-state index is 13.4. The zero-order valence-corrected chi connectivity index (χ0v) is 18.3. The lowest BCUT2D eigenvalue weighted by molar-refractivity contribution is 0.0987. The molecule has 6 nitrogen and oxygen atoms in total. The fourth-order valence-corrected chi connectivity index (χ4v) is 4.07. The SMILES string of the molecule is CN(C)C1CCCN(C(=O)c2ccc(NC(=O)Oc3ccccc3)cc2)c2ccccc21. The average Bonchev–Trinajstić information content (AvgIpc) is 3.00. The van der Waals surface area contributed by atoms with Gasteiger partial charge in [0.15, 0.2) is 0 Å².